The number of methoxy groups -OCH3 is 2. The summed E-state index contributed by atoms with van der Waals surface area (Å²) in [6.07, 6.45) is 1.43. The van der Waals surface area contributed by atoms with Crippen molar-refractivity contribution in [3.8, 4) is 11.5 Å². The Morgan fingerprint density at radius 3 is 2.79 bits per heavy atom. The van der Waals surface area contributed by atoms with E-state index in [0.717, 1.165) is 17.5 Å². The molecular weight excluding hydrogens is 354 g/mol. The second-order valence-corrected chi connectivity index (χ2v) is 7.00. The van der Waals surface area contributed by atoms with E-state index in [4.69, 9.17) is 9.47 Å². The van der Waals surface area contributed by atoms with E-state index in [-0.39, 0.29) is 11.9 Å². The van der Waals surface area contributed by atoms with Gasteiger partial charge in [0.1, 0.15) is 0 Å². The van der Waals surface area contributed by atoms with Crippen LogP contribution in [0.5, 0.6) is 11.5 Å². The molecule has 2 heterocycles. The van der Waals surface area contributed by atoms with Crippen LogP contribution in [-0.2, 0) is 24.2 Å². The fourth-order valence-corrected chi connectivity index (χ4v) is 3.82. The van der Waals surface area contributed by atoms with E-state index < -0.39 is 0 Å². The highest BCUT2D eigenvalue weighted by atomic mass is 16.5. The molecule has 1 atom stereocenters. The molecule has 146 valence electrons. The minimum absolute atomic E-state index is 0.0383. The average Bonchev–Trinajstić information content (AvgIpc) is 3.11. The van der Waals surface area contributed by atoms with Crippen LogP contribution in [0.15, 0.2) is 42.5 Å². The van der Waals surface area contributed by atoms with Gasteiger partial charge in [-0.05, 0) is 42.2 Å². The Balaban J connectivity index is 1.36. The molecule has 3 N–H and O–H groups in total. The first-order valence-electron chi connectivity index (χ1n) is 9.50. The molecule has 6 heteroatoms. The summed E-state index contributed by atoms with van der Waals surface area (Å²) in [4.78, 5) is 16.1. The van der Waals surface area contributed by atoms with Gasteiger partial charge in [-0.15, -0.1) is 0 Å². The van der Waals surface area contributed by atoms with Gasteiger partial charge in [-0.3, -0.25) is 10.1 Å². The monoisotopic (exact) mass is 379 g/mol. The molecule has 0 saturated carbocycles. The van der Waals surface area contributed by atoms with Crippen LogP contribution in [-0.4, -0.2) is 37.7 Å². The van der Waals surface area contributed by atoms with E-state index in [1.165, 1.54) is 16.6 Å². The van der Waals surface area contributed by atoms with E-state index in [2.05, 4.69) is 27.8 Å². The summed E-state index contributed by atoms with van der Waals surface area (Å²) in [7, 11) is 3.24. The van der Waals surface area contributed by atoms with Crippen LogP contribution in [0.25, 0.3) is 10.9 Å². The Morgan fingerprint density at radius 1 is 1.14 bits per heavy atom. The highest BCUT2D eigenvalue weighted by Crippen LogP contribution is 2.28. The van der Waals surface area contributed by atoms with Crippen LogP contribution in [0.3, 0.4) is 0 Å². The Morgan fingerprint density at radius 2 is 1.96 bits per heavy atom. The van der Waals surface area contributed by atoms with Crippen molar-refractivity contribution < 1.29 is 14.3 Å². The molecule has 4 rings (SSSR count). The smallest absolute Gasteiger partial charge is 0.237 e. The fourth-order valence-electron chi connectivity index (χ4n) is 3.82. The van der Waals surface area contributed by atoms with Gasteiger partial charge in [0.15, 0.2) is 11.5 Å². The molecular formula is C22H25N3O3. The number of para-hydroxylation sites is 1. The van der Waals surface area contributed by atoms with Crippen LogP contribution < -0.4 is 20.1 Å². The molecule has 3 aromatic rings. The first-order chi connectivity index (χ1) is 13.7. The number of hydrogen-bond acceptors (Lipinski definition) is 4. The highest BCUT2D eigenvalue weighted by molar-refractivity contribution is 5.88. The number of benzene rings is 2. The Labute approximate surface area is 164 Å². The average molecular weight is 379 g/mol. The van der Waals surface area contributed by atoms with Crippen molar-refractivity contribution in [2.24, 2.45) is 0 Å². The number of carbonyl (C=O) groups excluding carboxylic acids is 1. The van der Waals surface area contributed by atoms with Crippen LogP contribution in [0.2, 0.25) is 0 Å². The first-order valence-corrected chi connectivity index (χ1v) is 9.50. The summed E-state index contributed by atoms with van der Waals surface area (Å²) in [5, 5.41) is 7.60. The van der Waals surface area contributed by atoms with Gasteiger partial charge in [-0.25, -0.2) is 0 Å². The minimum Gasteiger partial charge on any atom is -0.493 e. The summed E-state index contributed by atoms with van der Waals surface area (Å²) < 4.78 is 10.6. The van der Waals surface area contributed by atoms with E-state index in [0.29, 0.717) is 31.0 Å². The summed E-state index contributed by atoms with van der Waals surface area (Å²) in [6, 6.07) is 13.9. The number of aromatic amines is 1. The van der Waals surface area contributed by atoms with Crippen molar-refractivity contribution in [1.82, 2.24) is 15.6 Å². The molecule has 0 unspecified atom stereocenters. The van der Waals surface area contributed by atoms with E-state index in [1.54, 1.807) is 14.2 Å². The zero-order valence-electron chi connectivity index (χ0n) is 16.2. The molecule has 1 amide bonds. The summed E-state index contributed by atoms with van der Waals surface area (Å²) in [6.45, 7) is 1.25. The van der Waals surface area contributed by atoms with E-state index in [1.807, 2.05) is 30.3 Å². The number of amides is 1. The Kier molecular flexibility index (Phi) is 5.21. The number of nitrogens with one attached hydrogen (secondary N) is 3. The van der Waals surface area contributed by atoms with Crippen LogP contribution >= 0.6 is 0 Å². The first kappa shape index (κ1) is 18.4. The number of carbonyl (C=O) groups is 1. The summed E-state index contributed by atoms with van der Waals surface area (Å²) >= 11 is 0. The van der Waals surface area contributed by atoms with E-state index in [9.17, 15) is 4.79 Å². The van der Waals surface area contributed by atoms with Crippen LogP contribution in [0.1, 0.15) is 16.8 Å². The summed E-state index contributed by atoms with van der Waals surface area (Å²) in [5.41, 5.74) is 4.64. The quantitative estimate of drug-likeness (QED) is 0.615. The molecule has 0 fully saturated rings. The maximum Gasteiger partial charge on any atom is 0.237 e. The topological polar surface area (TPSA) is 75.4 Å². The number of ether oxygens (including phenoxy) is 2. The lowest BCUT2D eigenvalue weighted by atomic mass is 9.98. The Bertz CT molecular complexity index is 996. The van der Waals surface area contributed by atoms with Crippen LogP contribution in [0, 0.1) is 0 Å². The highest BCUT2D eigenvalue weighted by Gasteiger charge is 2.26. The number of fused-ring (bicyclic) bond motifs is 3. The van der Waals surface area contributed by atoms with Crippen molar-refractivity contribution >= 4 is 16.8 Å². The standard InChI is InChI=1S/C22H25N3O3/c1-27-20-8-7-14(11-21(20)28-2)9-10-23-22(26)18-12-16-15-5-3-4-6-17(15)25-19(16)13-24-18/h3-8,11,18,24-25H,9-10,12-13H2,1-2H3,(H,23,26)/t18-/m0/s1. The second-order valence-electron chi connectivity index (χ2n) is 7.00. The van der Waals surface area contributed by atoms with Crippen molar-refractivity contribution in [1.29, 1.82) is 0 Å². The number of H-pyrrole nitrogens is 1. The molecule has 28 heavy (non-hydrogen) atoms. The number of aromatic nitrogens is 1. The number of hydrogen-bond donors (Lipinski definition) is 3. The normalized spacial score (nSPS) is 15.9. The number of rotatable bonds is 6. The Hall–Kier alpha value is -2.99. The van der Waals surface area contributed by atoms with E-state index >= 15 is 0 Å². The molecule has 1 aliphatic rings. The molecule has 0 radical (unpaired) electrons. The fraction of sp³-hybridized carbons (Fsp3) is 0.318. The zero-order valence-corrected chi connectivity index (χ0v) is 16.2. The molecule has 0 bridgehead atoms. The van der Waals surface area contributed by atoms with Gasteiger partial charge in [-0.2, -0.15) is 0 Å². The van der Waals surface area contributed by atoms with Crippen molar-refractivity contribution in [2.45, 2.75) is 25.4 Å². The van der Waals surface area contributed by atoms with Gasteiger partial charge in [-0.1, -0.05) is 24.3 Å². The lowest BCUT2D eigenvalue weighted by Gasteiger charge is -2.23. The third kappa shape index (κ3) is 3.55. The lowest BCUT2D eigenvalue weighted by Crippen LogP contribution is -2.48. The van der Waals surface area contributed by atoms with Crippen molar-refractivity contribution in [3.05, 3.63) is 59.3 Å². The third-order valence-electron chi connectivity index (χ3n) is 5.31. The van der Waals surface area contributed by atoms with Crippen LogP contribution in [0.4, 0.5) is 0 Å². The molecule has 0 aliphatic carbocycles. The lowest BCUT2D eigenvalue weighted by molar-refractivity contribution is -0.123. The second kappa shape index (κ2) is 7.94. The van der Waals surface area contributed by atoms with Gasteiger partial charge < -0.3 is 19.8 Å². The predicted octanol–water partition coefficient (Wildman–Crippen LogP) is 2.56. The SMILES string of the molecule is COc1ccc(CCNC(=O)[C@@H]2Cc3c([nH]c4ccccc34)CN2)cc1OC. The van der Waals surface area contributed by atoms with Gasteiger partial charge in [0, 0.05) is 29.7 Å². The molecule has 1 aromatic heterocycles. The minimum atomic E-state index is -0.211. The maximum absolute atomic E-state index is 12.7. The molecule has 1 aliphatic heterocycles. The summed E-state index contributed by atoms with van der Waals surface area (Å²) in [5.74, 6) is 1.44. The third-order valence-corrected chi connectivity index (χ3v) is 5.31. The molecule has 2 aromatic carbocycles. The van der Waals surface area contributed by atoms with Crippen molar-refractivity contribution in [2.75, 3.05) is 20.8 Å². The predicted molar refractivity (Wildman–Crippen MR) is 109 cm³/mol. The molecule has 0 saturated heterocycles. The van der Waals surface area contributed by atoms with Crippen molar-refractivity contribution in [3.63, 3.8) is 0 Å². The molecule has 6 nitrogen and oxygen atoms in total. The largest absolute Gasteiger partial charge is 0.493 e. The van der Waals surface area contributed by atoms with Gasteiger partial charge in [0.05, 0.1) is 20.3 Å². The molecule has 0 spiro atoms. The zero-order chi connectivity index (χ0) is 19.5. The van der Waals surface area contributed by atoms with Gasteiger partial charge in [0.25, 0.3) is 0 Å². The van der Waals surface area contributed by atoms with Gasteiger partial charge >= 0.3 is 0 Å². The van der Waals surface area contributed by atoms with Gasteiger partial charge in [0.2, 0.25) is 5.91 Å². The maximum atomic E-state index is 12.7.